The van der Waals surface area contributed by atoms with Crippen LogP contribution in [-0.4, -0.2) is 19.1 Å². The van der Waals surface area contributed by atoms with E-state index in [2.05, 4.69) is 24.4 Å². The summed E-state index contributed by atoms with van der Waals surface area (Å²) in [6.07, 6.45) is 0.234. The lowest BCUT2D eigenvalue weighted by molar-refractivity contribution is -0.128. The van der Waals surface area contributed by atoms with Crippen LogP contribution >= 0.6 is 0 Å². The standard InChI is InChI=1S/C22H29NO3/c1-7-19(18-9-11-20(25-6)16(4)13-18)23-22(24)17(5)26-21-10-8-14(2)12-15(21)3/h8-13,17,19H,7H2,1-6H3,(H,23,24)/t17-,19+/m0/s1. The minimum Gasteiger partial charge on any atom is -0.496 e. The average Bonchev–Trinajstić information content (AvgIpc) is 2.61. The zero-order valence-corrected chi connectivity index (χ0v) is 16.6. The summed E-state index contributed by atoms with van der Waals surface area (Å²) in [6, 6.07) is 11.9. The van der Waals surface area contributed by atoms with Gasteiger partial charge in [0.05, 0.1) is 13.2 Å². The van der Waals surface area contributed by atoms with Crippen LogP contribution in [0.25, 0.3) is 0 Å². The second kappa shape index (κ2) is 8.75. The van der Waals surface area contributed by atoms with Crippen molar-refractivity contribution < 1.29 is 14.3 Å². The minimum atomic E-state index is -0.565. The normalized spacial score (nSPS) is 13.0. The van der Waals surface area contributed by atoms with E-state index in [-0.39, 0.29) is 11.9 Å². The molecule has 4 heteroatoms. The van der Waals surface area contributed by atoms with Crippen LogP contribution in [0.2, 0.25) is 0 Å². The van der Waals surface area contributed by atoms with Crippen LogP contribution in [0.1, 0.15) is 48.6 Å². The van der Waals surface area contributed by atoms with E-state index in [1.807, 2.05) is 45.0 Å². The Labute approximate surface area is 156 Å². The highest BCUT2D eigenvalue weighted by molar-refractivity contribution is 5.81. The Morgan fingerprint density at radius 3 is 2.27 bits per heavy atom. The number of carbonyl (C=O) groups excluding carboxylic acids is 1. The third-order valence-corrected chi connectivity index (χ3v) is 4.55. The molecule has 0 fully saturated rings. The van der Waals surface area contributed by atoms with Gasteiger partial charge in [0.25, 0.3) is 5.91 Å². The lowest BCUT2D eigenvalue weighted by atomic mass is 10.0. The molecule has 4 nitrogen and oxygen atoms in total. The smallest absolute Gasteiger partial charge is 0.261 e. The number of benzene rings is 2. The van der Waals surface area contributed by atoms with Crippen LogP contribution in [0.3, 0.4) is 0 Å². The molecule has 0 unspecified atom stereocenters. The maximum atomic E-state index is 12.6. The van der Waals surface area contributed by atoms with Gasteiger partial charge in [-0.3, -0.25) is 4.79 Å². The van der Waals surface area contributed by atoms with Crippen molar-refractivity contribution in [3.05, 3.63) is 58.7 Å². The SMILES string of the molecule is CC[C@@H](NC(=O)[C@H](C)Oc1ccc(C)cc1C)c1ccc(OC)c(C)c1. The van der Waals surface area contributed by atoms with Crippen molar-refractivity contribution in [2.45, 2.75) is 53.2 Å². The van der Waals surface area contributed by atoms with Crippen LogP contribution in [0.5, 0.6) is 11.5 Å². The summed E-state index contributed by atoms with van der Waals surface area (Å²) >= 11 is 0. The molecule has 1 amide bonds. The van der Waals surface area contributed by atoms with Crippen molar-refractivity contribution in [3.8, 4) is 11.5 Å². The summed E-state index contributed by atoms with van der Waals surface area (Å²) in [7, 11) is 1.66. The Morgan fingerprint density at radius 1 is 1.04 bits per heavy atom. The molecule has 2 aromatic carbocycles. The van der Waals surface area contributed by atoms with E-state index in [1.165, 1.54) is 5.56 Å². The number of nitrogens with one attached hydrogen (secondary N) is 1. The van der Waals surface area contributed by atoms with Gasteiger partial charge in [0.2, 0.25) is 0 Å². The predicted octanol–water partition coefficient (Wildman–Crippen LogP) is 4.66. The molecule has 1 N–H and O–H groups in total. The molecule has 2 aromatic rings. The van der Waals surface area contributed by atoms with E-state index >= 15 is 0 Å². The van der Waals surface area contributed by atoms with Crippen LogP contribution < -0.4 is 14.8 Å². The zero-order chi connectivity index (χ0) is 19.3. The van der Waals surface area contributed by atoms with E-state index in [1.54, 1.807) is 14.0 Å². The lowest BCUT2D eigenvalue weighted by Gasteiger charge is -2.22. The van der Waals surface area contributed by atoms with Crippen LogP contribution in [0.4, 0.5) is 0 Å². The molecule has 2 rings (SSSR count). The zero-order valence-electron chi connectivity index (χ0n) is 16.6. The summed E-state index contributed by atoms with van der Waals surface area (Å²) in [5, 5.41) is 3.09. The predicted molar refractivity (Wildman–Crippen MR) is 105 cm³/mol. The van der Waals surface area contributed by atoms with Gasteiger partial charge in [-0.2, -0.15) is 0 Å². The molecule has 0 aliphatic carbocycles. The fourth-order valence-electron chi connectivity index (χ4n) is 3.00. The summed E-state index contributed by atoms with van der Waals surface area (Å²) in [4.78, 5) is 12.6. The van der Waals surface area contributed by atoms with Gasteiger partial charge in [-0.15, -0.1) is 0 Å². The lowest BCUT2D eigenvalue weighted by Crippen LogP contribution is -2.38. The number of methoxy groups -OCH3 is 1. The molecule has 26 heavy (non-hydrogen) atoms. The summed E-state index contributed by atoms with van der Waals surface area (Å²) in [5.74, 6) is 1.47. The molecule has 2 atom stereocenters. The molecule has 0 saturated carbocycles. The van der Waals surface area contributed by atoms with Crippen molar-refractivity contribution in [2.24, 2.45) is 0 Å². The van der Waals surface area contributed by atoms with Gasteiger partial charge in [-0.25, -0.2) is 0 Å². The highest BCUT2D eigenvalue weighted by atomic mass is 16.5. The highest BCUT2D eigenvalue weighted by Gasteiger charge is 2.20. The van der Waals surface area contributed by atoms with Crippen LogP contribution in [-0.2, 0) is 4.79 Å². The first-order valence-electron chi connectivity index (χ1n) is 9.04. The van der Waals surface area contributed by atoms with Gasteiger partial charge in [0.15, 0.2) is 6.10 Å². The Balaban J connectivity index is 2.07. The quantitative estimate of drug-likeness (QED) is 0.786. The van der Waals surface area contributed by atoms with Crippen molar-refractivity contribution in [3.63, 3.8) is 0 Å². The number of hydrogen-bond acceptors (Lipinski definition) is 3. The van der Waals surface area contributed by atoms with Crippen LogP contribution in [0.15, 0.2) is 36.4 Å². The van der Waals surface area contributed by atoms with Gasteiger partial charge in [0, 0.05) is 0 Å². The van der Waals surface area contributed by atoms with Crippen molar-refractivity contribution in [1.29, 1.82) is 0 Å². The van der Waals surface area contributed by atoms with E-state index in [0.717, 1.165) is 34.6 Å². The van der Waals surface area contributed by atoms with Gasteiger partial charge >= 0.3 is 0 Å². The van der Waals surface area contributed by atoms with Crippen molar-refractivity contribution >= 4 is 5.91 Å². The molecule has 140 valence electrons. The summed E-state index contributed by atoms with van der Waals surface area (Å²) < 4.78 is 11.2. The number of carbonyl (C=O) groups is 1. The molecule has 0 radical (unpaired) electrons. The van der Waals surface area contributed by atoms with E-state index in [4.69, 9.17) is 9.47 Å². The summed E-state index contributed by atoms with van der Waals surface area (Å²) in [6.45, 7) is 9.86. The van der Waals surface area contributed by atoms with Gasteiger partial charge in [0.1, 0.15) is 11.5 Å². The molecule has 0 saturated heterocycles. The first kappa shape index (κ1) is 19.8. The number of ether oxygens (including phenoxy) is 2. The average molecular weight is 355 g/mol. The molecule has 0 spiro atoms. The molecule has 0 aliphatic rings. The van der Waals surface area contributed by atoms with Gasteiger partial charge in [-0.1, -0.05) is 36.8 Å². The van der Waals surface area contributed by atoms with Crippen LogP contribution in [0, 0.1) is 20.8 Å². The van der Waals surface area contributed by atoms with Gasteiger partial charge < -0.3 is 14.8 Å². The maximum Gasteiger partial charge on any atom is 0.261 e. The Kier molecular flexibility index (Phi) is 6.67. The van der Waals surface area contributed by atoms with E-state index in [9.17, 15) is 4.79 Å². The third-order valence-electron chi connectivity index (χ3n) is 4.55. The molecular formula is C22H29NO3. The van der Waals surface area contributed by atoms with Crippen molar-refractivity contribution in [1.82, 2.24) is 5.32 Å². The number of amides is 1. The molecule has 0 aliphatic heterocycles. The highest BCUT2D eigenvalue weighted by Crippen LogP contribution is 2.25. The Bertz CT molecular complexity index is 770. The monoisotopic (exact) mass is 355 g/mol. The third kappa shape index (κ3) is 4.78. The topological polar surface area (TPSA) is 47.6 Å². The first-order valence-corrected chi connectivity index (χ1v) is 9.04. The van der Waals surface area contributed by atoms with E-state index < -0.39 is 6.10 Å². The molecule has 0 heterocycles. The number of hydrogen-bond donors (Lipinski definition) is 1. The number of rotatable bonds is 7. The number of aryl methyl sites for hydroxylation is 3. The first-order chi connectivity index (χ1) is 12.3. The molecule has 0 bridgehead atoms. The Hall–Kier alpha value is -2.49. The molecule has 0 aromatic heterocycles. The minimum absolute atomic E-state index is 0.0581. The van der Waals surface area contributed by atoms with Crippen molar-refractivity contribution in [2.75, 3.05) is 7.11 Å². The second-order valence-corrected chi connectivity index (χ2v) is 6.73. The van der Waals surface area contributed by atoms with Gasteiger partial charge in [-0.05, 0) is 62.9 Å². The fourth-order valence-corrected chi connectivity index (χ4v) is 3.00. The maximum absolute atomic E-state index is 12.6. The largest absolute Gasteiger partial charge is 0.496 e. The Morgan fingerprint density at radius 2 is 1.69 bits per heavy atom. The summed E-state index contributed by atoms with van der Waals surface area (Å²) in [5.41, 5.74) is 4.32. The van der Waals surface area contributed by atoms with E-state index in [0.29, 0.717) is 0 Å². The fraction of sp³-hybridized carbons (Fsp3) is 0.409. The molecular weight excluding hydrogens is 326 g/mol. The second-order valence-electron chi connectivity index (χ2n) is 6.73.